The highest BCUT2D eigenvalue weighted by Gasteiger charge is 2.35. The maximum absolute atomic E-state index is 11.0. The highest BCUT2D eigenvalue weighted by molar-refractivity contribution is 5.93. The van der Waals surface area contributed by atoms with Crippen LogP contribution in [0.1, 0.15) is 19.3 Å². The number of hydrogen-bond acceptors (Lipinski definition) is 4. The smallest absolute Gasteiger partial charge is 0.320 e. The quantitative estimate of drug-likeness (QED) is 0.466. The Hall–Kier alpha value is -1.63. The van der Waals surface area contributed by atoms with Crippen molar-refractivity contribution in [1.29, 1.82) is 0 Å². The summed E-state index contributed by atoms with van der Waals surface area (Å²) in [6.07, 6.45) is 1.83. The highest BCUT2D eigenvalue weighted by atomic mass is 16.4. The number of amides is 3. The number of carboxylic acid groups (broad SMARTS) is 1. The summed E-state index contributed by atoms with van der Waals surface area (Å²) in [6.45, 7) is 0.215. The van der Waals surface area contributed by atoms with Crippen LogP contribution >= 0.6 is 0 Å². The van der Waals surface area contributed by atoms with Gasteiger partial charge in [-0.3, -0.25) is 14.9 Å². The summed E-state index contributed by atoms with van der Waals surface area (Å²) >= 11 is 0. The van der Waals surface area contributed by atoms with Crippen molar-refractivity contribution in [3.8, 4) is 0 Å². The van der Waals surface area contributed by atoms with Crippen LogP contribution in [0.4, 0.5) is 4.79 Å². The number of carboxylic acids is 1. The molecule has 0 aromatic carbocycles. The molecule has 0 heterocycles. The molecule has 0 spiro atoms. The van der Waals surface area contributed by atoms with Gasteiger partial charge in [-0.15, -0.1) is 0 Å². The van der Waals surface area contributed by atoms with Crippen molar-refractivity contribution in [2.24, 2.45) is 11.7 Å². The number of nitrogens with two attached hydrogens (primary N) is 1. The van der Waals surface area contributed by atoms with E-state index in [1.54, 1.807) is 0 Å². The monoisotopic (exact) mass is 229 g/mol. The lowest BCUT2D eigenvalue weighted by Gasteiger charge is -2.12. The normalized spacial score (nSPS) is 16.5. The van der Waals surface area contributed by atoms with Crippen LogP contribution in [0.3, 0.4) is 0 Å². The molecule has 5 N–H and O–H groups in total. The van der Waals surface area contributed by atoms with Crippen molar-refractivity contribution in [3.05, 3.63) is 0 Å². The van der Waals surface area contributed by atoms with E-state index in [4.69, 9.17) is 10.8 Å². The van der Waals surface area contributed by atoms with Gasteiger partial charge in [-0.1, -0.05) is 0 Å². The average molecular weight is 229 g/mol. The Morgan fingerprint density at radius 3 is 2.44 bits per heavy atom. The first-order valence-electron chi connectivity index (χ1n) is 5.06. The highest BCUT2D eigenvalue weighted by Crippen LogP contribution is 2.32. The first-order chi connectivity index (χ1) is 7.50. The number of hydrogen-bond donors (Lipinski definition) is 4. The van der Waals surface area contributed by atoms with Crippen LogP contribution in [0.2, 0.25) is 0 Å². The van der Waals surface area contributed by atoms with Gasteiger partial charge < -0.3 is 16.2 Å². The van der Waals surface area contributed by atoms with Crippen LogP contribution in [0.25, 0.3) is 0 Å². The number of carbonyl (C=O) groups excluding carboxylic acids is 2. The Bertz CT molecular complexity index is 301. The predicted octanol–water partition coefficient (Wildman–Crippen LogP) is -0.976. The van der Waals surface area contributed by atoms with Gasteiger partial charge in [0.2, 0.25) is 5.91 Å². The Morgan fingerprint density at radius 1 is 1.38 bits per heavy atom. The fraction of sp³-hybridized carbons (Fsp3) is 0.667. The van der Waals surface area contributed by atoms with Crippen molar-refractivity contribution in [2.45, 2.75) is 25.3 Å². The van der Waals surface area contributed by atoms with Gasteiger partial charge in [-0.2, -0.15) is 0 Å². The zero-order valence-corrected chi connectivity index (χ0v) is 8.73. The number of nitrogens with one attached hydrogen (secondary N) is 2. The molecule has 0 radical (unpaired) electrons. The Kier molecular flexibility index (Phi) is 4.24. The number of imide groups is 1. The second kappa shape index (κ2) is 5.45. The second-order valence-electron chi connectivity index (χ2n) is 3.77. The van der Waals surface area contributed by atoms with Crippen LogP contribution in [-0.4, -0.2) is 35.6 Å². The Morgan fingerprint density at radius 2 is 2.00 bits per heavy atom. The van der Waals surface area contributed by atoms with Crippen molar-refractivity contribution in [1.82, 2.24) is 10.6 Å². The van der Waals surface area contributed by atoms with Gasteiger partial charge in [-0.05, 0) is 18.8 Å². The molecule has 0 saturated heterocycles. The summed E-state index contributed by atoms with van der Waals surface area (Å²) < 4.78 is 0. The molecule has 1 fully saturated rings. The molecule has 1 unspecified atom stereocenters. The van der Waals surface area contributed by atoms with E-state index < -0.39 is 23.9 Å². The Balaban J connectivity index is 2.20. The maximum Gasteiger partial charge on any atom is 0.320 e. The SMILES string of the molecule is NC(=O)NC(=O)CCNC(C(=O)O)C1CC1. The summed E-state index contributed by atoms with van der Waals surface area (Å²) in [5.41, 5.74) is 4.75. The van der Waals surface area contributed by atoms with Gasteiger partial charge in [0, 0.05) is 13.0 Å². The van der Waals surface area contributed by atoms with Gasteiger partial charge in [-0.25, -0.2) is 4.79 Å². The molecule has 1 rings (SSSR count). The van der Waals surface area contributed by atoms with E-state index in [0.29, 0.717) is 0 Å². The van der Waals surface area contributed by atoms with E-state index in [1.165, 1.54) is 0 Å². The molecule has 3 amide bonds. The third-order valence-electron chi connectivity index (χ3n) is 2.34. The van der Waals surface area contributed by atoms with Gasteiger partial charge >= 0.3 is 12.0 Å². The van der Waals surface area contributed by atoms with E-state index >= 15 is 0 Å². The predicted molar refractivity (Wildman–Crippen MR) is 54.5 cm³/mol. The molecule has 1 atom stereocenters. The average Bonchev–Trinajstić information content (AvgIpc) is 2.93. The van der Waals surface area contributed by atoms with Crippen LogP contribution in [0.15, 0.2) is 0 Å². The third kappa shape index (κ3) is 4.26. The topological polar surface area (TPSA) is 122 Å². The molecule has 0 aliphatic heterocycles. The molecule has 7 nitrogen and oxygen atoms in total. The van der Waals surface area contributed by atoms with Gasteiger partial charge in [0.1, 0.15) is 6.04 Å². The largest absolute Gasteiger partial charge is 0.480 e. The van der Waals surface area contributed by atoms with Crippen LogP contribution in [-0.2, 0) is 9.59 Å². The first-order valence-corrected chi connectivity index (χ1v) is 5.06. The summed E-state index contributed by atoms with van der Waals surface area (Å²) in [5.74, 6) is -1.26. The number of aliphatic carboxylic acids is 1. The first kappa shape index (κ1) is 12.4. The standard InChI is InChI=1S/C9H15N3O4/c10-9(16)12-6(13)3-4-11-7(8(14)15)5-1-2-5/h5,7,11H,1-4H2,(H,14,15)(H3,10,12,13,16). The molecule has 16 heavy (non-hydrogen) atoms. The molecular weight excluding hydrogens is 214 g/mol. The van der Waals surface area contributed by atoms with E-state index in [0.717, 1.165) is 12.8 Å². The van der Waals surface area contributed by atoms with Gasteiger partial charge in [0.15, 0.2) is 0 Å². The number of primary amides is 1. The van der Waals surface area contributed by atoms with Crippen molar-refractivity contribution in [2.75, 3.05) is 6.54 Å². The maximum atomic E-state index is 11.0. The molecule has 90 valence electrons. The minimum Gasteiger partial charge on any atom is -0.480 e. The molecule has 0 bridgehead atoms. The number of urea groups is 1. The lowest BCUT2D eigenvalue weighted by atomic mass is 10.2. The minimum absolute atomic E-state index is 0.0272. The van der Waals surface area contributed by atoms with Gasteiger partial charge in [0.25, 0.3) is 0 Å². The zero-order chi connectivity index (χ0) is 12.1. The summed E-state index contributed by atoms with van der Waals surface area (Å²) in [4.78, 5) is 32.1. The fourth-order valence-corrected chi connectivity index (χ4v) is 1.43. The molecule has 1 saturated carbocycles. The Labute approximate surface area is 92.4 Å². The summed E-state index contributed by atoms with van der Waals surface area (Å²) in [7, 11) is 0. The molecule has 0 aromatic rings. The van der Waals surface area contributed by atoms with Crippen LogP contribution in [0, 0.1) is 5.92 Å². The fourth-order valence-electron chi connectivity index (χ4n) is 1.43. The van der Waals surface area contributed by atoms with Crippen molar-refractivity contribution < 1.29 is 19.5 Å². The third-order valence-corrected chi connectivity index (χ3v) is 2.34. The van der Waals surface area contributed by atoms with E-state index in [9.17, 15) is 14.4 Å². The second-order valence-corrected chi connectivity index (χ2v) is 3.77. The molecule has 1 aliphatic rings. The molecular formula is C9H15N3O4. The van der Waals surface area contributed by atoms with Crippen molar-refractivity contribution >= 4 is 17.9 Å². The van der Waals surface area contributed by atoms with E-state index in [2.05, 4.69) is 5.32 Å². The van der Waals surface area contributed by atoms with E-state index in [-0.39, 0.29) is 18.9 Å². The lowest BCUT2D eigenvalue weighted by Crippen LogP contribution is -2.41. The van der Waals surface area contributed by atoms with E-state index in [1.807, 2.05) is 5.32 Å². The van der Waals surface area contributed by atoms with Crippen LogP contribution in [0.5, 0.6) is 0 Å². The molecule has 0 aromatic heterocycles. The van der Waals surface area contributed by atoms with Crippen LogP contribution < -0.4 is 16.4 Å². The molecule has 7 heteroatoms. The summed E-state index contributed by atoms with van der Waals surface area (Å²) in [6, 6.07) is -1.50. The number of rotatable bonds is 6. The van der Waals surface area contributed by atoms with Gasteiger partial charge in [0.05, 0.1) is 0 Å². The lowest BCUT2D eigenvalue weighted by molar-refractivity contribution is -0.140. The molecule has 1 aliphatic carbocycles. The van der Waals surface area contributed by atoms with Crippen molar-refractivity contribution in [3.63, 3.8) is 0 Å². The summed E-state index contributed by atoms with van der Waals surface area (Å²) in [5, 5.41) is 13.5. The minimum atomic E-state index is -0.905. The number of carbonyl (C=O) groups is 3. The zero-order valence-electron chi connectivity index (χ0n) is 8.73.